The zero-order chi connectivity index (χ0) is 15.1. The minimum atomic E-state index is 0.0860. The summed E-state index contributed by atoms with van der Waals surface area (Å²) in [6.07, 6.45) is 8.52. The molecule has 3 heterocycles. The molecule has 4 rings (SSSR count). The van der Waals surface area contributed by atoms with E-state index >= 15 is 0 Å². The van der Waals surface area contributed by atoms with Gasteiger partial charge < -0.3 is 5.32 Å². The summed E-state index contributed by atoms with van der Waals surface area (Å²) in [7, 11) is 0. The molecule has 1 unspecified atom stereocenters. The molecule has 116 valence electrons. The highest BCUT2D eigenvalue weighted by Gasteiger charge is 2.34. The quantitative estimate of drug-likeness (QED) is 0.920. The van der Waals surface area contributed by atoms with Crippen LogP contribution in [0.4, 0.5) is 5.82 Å². The molecule has 1 fully saturated rings. The molecule has 1 N–H and O–H groups in total. The lowest BCUT2D eigenvalue weighted by Gasteiger charge is -2.27. The van der Waals surface area contributed by atoms with Crippen molar-refractivity contribution in [2.24, 2.45) is 0 Å². The van der Waals surface area contributed by atoms with Gasteiger partial charge in [-0.1, -0.05) is 19.3 Å². The smallest absolute Gasteiger partial charge is 0.226 e. The molecule has 2 aliphatic rings. The Labute approximate surface area is 133 Å². The molecule has 1 aliphatic heterocycles. The number of carbonyl (C=O) groups is 1. The molecule has 2 aromatic heterocycles. The van der Waals surface area contributed by atoms with E-state index in [1.165, 1.54) is 24.8 Å². The second kappa shape index (κ2) is 5.50. The van der Waals surface area contributed by atoms with Crippen LogP contribution in [0.15, 0.2) is 11.7 Å². The zero-order valence-corrected chi connectivity index (χ0v) is 13.5. The Bertz CT molecular complexity index is 685. The van der Waals surface area contributed by atoms with Crippen LogP contribution in [0.2, 0.25) is 0 Å². The normalized spacial score (nSPS) is 22.4. The van der Waals surface area contributed by atoms with Crippen LogP contribution in [0.1, 0.15) is 66.6 Å². The summed E-state index contributed by atoms with van der Waals surface area (Å²) in [6.45, 7) is 2.06. The number of amides is 1. The molecular weight excluding hydrogens is 296 g/mol. The summed E-state index contributed by atoms with van der Waals surface area (Å²) in [5.41, 5.74) is 4.07. The highest BCUT2D eigenvalue weighted by atomic mass is 32.1. The SMILES string of the molecule is Cc1nn(C2CCCCC2)c2c1C(c1cncs1)CC(=O)N2. The van der Waals surface area contributed by atoms with Crippen molar-refractivity contribution in [2.45, 2.75) is 57.4 Å². The number of thiazole rings is 1. The van der Waals surface area contributed by atoms with Gasteiger partial charge in [-0.25, -0.2) is 4.68 Å². The average Bonchev–Trinajstić information content (AvgIpc) is 3.16. The number of hydrogen-bond donors (Lipinski definition) is 1. The second-order valence-electron chi connectivity index (χ2n) is 6.29. The van der Waals surface area contributed by atoms with E-state index in [0.717, 1.165) is 29.2 Å². The summed E-state index contributed by atoms with van der Waals surface area (Å²) in [5.74, 6) is 1.12. The minimum absolute atomic E-state index is 0.0860. The number of carbonyl (C=O) groups excluding carboxylic acids is 1. The maximum Gasteiger partial charge on any atom is 0.226 e. The van der Waals surface area contributed by atoms with E-state index in [0.29, 0.717) is 12.5 Å². The van der Waals surface area contributed by atoms with E-state index in [4.69, 9.17) is 5.10 Å². The van der Waals surface area contributed by atoms with Gasteiger partial charge in [0.05, 0.1) is 17.2 Å². The molecule has 1 saturated carbocycles. The Morgan fingerprint density at radius 2 is 2.14 bits per heavy atom. The van der Waals surface area contributed by atoms with Crippen LogP contribution in [0.25, 0.3) is 0 Å². The molecule has 0 aromatic carbocycles. The van der Waals surface area contributed by atoms with Gasteiger partial charge in [0.1, 0.15) is 5.82 Å². The molecule has 0 spiro atoms. The van der Waals surface area contributed by atoms with Crippen LogP contribution in [0.5, 0.6) is 0 Å². The number of hydrogen-bond acceptors (Lipinski definition) is 4. The van der Waals surface area contributed by atoms with Gasteiger partial charge in [0, 0.05) is 29.0 Å². The molecule has 0 saturated heterocycles. The maximum absolute atomic E-state index is 12.2. The summed E-state index contributed by atoms with van der Waals surface area (Å²) in [4.78, 5) is 17.5. The Hall–Kier alpha value is -1.69. The standard InChI is InChI=1S/C16H20N4OS/c1-10-15-12(13-8-17-9-22-13)7-14(21)18-16(15)20(19-10)11-5-3-2-4-6-11/h8-9,11-12H,2-7H2,1H3,(H,18,21). The summed E-state index contributed by atoms with van der Waals surface area (Å²) in [6, 6.07) is 0.428. The van der Waals surface area contributed by atoms with Crippen molar-refractivity contribution in [3.8, 4) is 0 Å². The van der Waals surface area contributed by atoms with Crippen molar-refractivity contribution < 1.29 is 4.79 Å². The second-order valence-corrected chi connectivity index (χ2v) is 7.21. The molecule has 2 aromatic rings. The van der Waals surface area contributed by atoms with Crippen molar-refractivity contribution in [3.63, 3.8) is 0 Å². The third-order valence-electron chi connectivity index (χ3n) is 4.84. The van der Waals surface area contributed by atoms with Gasteiger partial charge in [0.15, 0.2) is 0 Å². The van der Waals surface area contributed by atoms with Gasteiger partial charge in [-0.3, -0.25) is 9.78 Å². The van der Waals surface area contributed by atoms with Crippen molar-refractivity contribution >= 4 is 23.1 Å². The molecule has 1 atom stereocenters. The van der Waals surface area contributed by atoms with Crippen LogP contribution in [0.3, 0.4) is 0 Å². The first-order chi connectivity index (χ1) is 10.7. The zero-order valence-electron chi connectivity index (χ0n) is 12.7. The fraction of sp³-hybridized carbons (Fsp3) is 0.562. The van der Waals surface area contributed by atoms with Crippen molar-refractivity contribution in [2.75, 3.05) is 5.32 Å². The molecule has 22 heavy (non-hydrogen) atoms. The number of aryl methyl sites for hydroxylation is 1. The van der Waals surface area contributed by atoms with Crippen LogP contribution >= 0.6 is 11.3 Å². The monoisotopic (exact) mass is 316 g/mol. The fourth-order valence-corrected chi connectivity index (χ4v) is 4.53. The first-order valence-electron chi connectivity index (χ1n) is 8.01. The van der Waals surface area contributed by atoms with E-state index in [1.54, 1.807) is 11.3 Å². The van der Waals surface area contributed by atoms with Gasteiger partial charge in [-0.15, -0.1) is 11.3 Å². The number of rotatable bonds is 2. The van der Waals surface area contributed by atoms with Gasteiger partial charge in [-0.05, 0) is 19.8 Å². The first-order valence-corrected chi connectivity index (χ1v) is 8.89. The number of nitrogens with zero attached hydrogens (tertiary/aromatic N) is 3. The van der Waals surface area contributed by atoms with Crippen LogP contribution < -0.4 is 5.32 Å². The minimum Gasteiger partial charge on any atom is -0.311 e. The third-order valence-corrected chi connectivity index (χ3v) is 5.73. The van der Waals surface area contributed by atoms with Gasteiger partial charge in [0.2, 0.25) is 5.91 Å². The Morgan fingerprint density at radius 3 is 2.86 bits per heavy atom. The highest BCUT2D eigenvalue weighted by molar-refractivity contribution is 7.09. The molecule has 0 radical (unpaired) electrons. The number of aromatic nitrogens is 3. The van der Waals surface area contributed by atoms with E-state index in [1.807, 2.05) is 11.7 Å². The Kier molecular flexibility index (Phi) is 3.48. The summed E-state index contributed by atoms with van der Waals surface area (Å²) < 4.78 is 2.09. The topological polar surface area (TPSA) is 59.8 Å². The molecule has 0 bridgehead atoms. The van der Waals surface area contributed by atoms with Crippen molar-refractivity contribution in [3.05, 3.63) is 27.8 Å². The fourth-order valence-electron chi connectivity index (χ4n) is 3.80. The number of nitrogens with one attached hydrogen (secondary N) is 1. The molecule has 1 aliphatic carbocycles. The predicted octanol–water partition coefficient (Wildman–Crippen LogP) is 3.63. The van der Waals surface area contributed by atoms with E-state index in [9.17, 15) is 4.79 Å². The van der Waals surface area contributed by atoms with E-state index in [-0.39, 0.29) is 11.8 Å². The number of fused-ring (bicyclic) bond motifs is 1. The molecule has 6 heteroatoms. The summed E-state index contributed by atoms with van der Waals surface area (Å²) >= 11 is 1.62. The Morgan fingerprint density at radius 1 is 1.32 bits per heavy atom. The third kappa shape index (κ3) is 2.26. The largest absolute Gasteiger partial charge is 0.311 e. The van der Waals surface area contributed by atoms with E-state index < -0.39 is 0 Å². The Balaban J connectivity index is 1.79. The van der Waals surface area contributed by atoms with Crippen LogP contribution in [0, 0.1) is 6.92 Å². The number of anilines is 1. The lowest BCUT2D eigenvalue weighted by Crippen LogP contribution is -2.26. The highest BCUT2D eigenvalue weighted by Crippen LogP contribution is 2.42. The van der Waals surface area contributed by atoms with Gasteiger partial charge in [-0.2, -0.15) is 5.10 Å². The van der Waals surface area contributed by atoms with Crippen LogP contribution in [-0.2, 0) is 4.79 Å². The average molecular weight is 316 g/mol. The molecular formula is C16H20N4OS. The van der Waals surface area contributed by atoms with Gasteiger partial charge >= 0.3 is 0 Å². The first kappa shape index (κ1) is 13.9. The molecule has 5 nitrogen and oxygen atoms in total. The maximum atomic E-state index is 12.2. The van der Waals surface area contributed by atoms with E-state index in [2.05, 4.69) is 21.9 Å². The predicted molar refractivity (Wildman–Crippen MR) is 86.3 cm³/mol. The lowest BCUT2D eigenvalue weighted by molar-refractivity contribution is -0.116. The molecule has 1 amide bonds. The van der Waals surface area contributed by atoms with Crippen molar-refractivity contribution in [1.82, 2.24) is 14.8 Å². The van der Waals surface area contributed by atoms with Gasteiger partial charge in [0.25, 0.3) is 0 Å². The summed E-state index contributed by atoms with van der Waals surface area (Å²) in [5, 5.41) is 7.88. The van der Waals surface area contributed by atoms with Crippen molar-refractivity contribution in [1.29, 1.82) is 0 Å². The van der Waals surface area contributed by atoms with Crippen LogP contribution in [-0.4, -0.2) is 20.7 Å². The lowest BCUT2D eigenvalue weighted by atomic mass is 9.90.